The second kappa shape index (κ2) is 10.6. The second-order valence-electron chi connectivity index (χ2n) is 7.50. The third kappa shape index (κ3) is 7.53. The summed E-state index contributed by atoms with van der Waals surface area (Å²) in [5.41, 5.74) is 13.9. The average Bonchev–Trinajstić information content (AvgIpc) is 2.80. The number of carboxylic acid groups (broad SMARTS) is 1. The summed E-state index contributed by atoms with van der Waals surface area (Å²) >= 11 is 0. The van der Waals surface area contributed by atoms with Crippen molar-refractivity contribution in [3.05, 3.63) is 89.0 Å². The summed E-state index contributed by atoms with van der Waals surface area (Å²) < 4.78 is 46.5. The minimum absolute atomic E-state index is 0.0378. The van der Waals surface area contributed by atoms with Gasteiger partial charge in [-0.1, -0.05) is 12.1 Å². The van der Waals surface area contributed by atoms with Crippen molar-refractivity contribution in [2.75, 3.05) is 18.1 Å². The van der Waals surface area contributed by atoms with E-state index in [0.717, 1.165) is 0 Å². The number of carboxylic acids is 1. The Morgan fingerprint density at radius 3 is 2.14 bits per heavy atom. The first-order chi connectivity index (χ1) is 16.5. The van der Waals surface area contributed by atoms with E-state index in [9.17, 15) is 27.9 Å². The Kier molecular flexibility index (Phi) is 7.65. The van der Waals surface area contributed by atoms with E-state index >= 15 is 0 Å². The summed E-state index contributed by atoms with van der Waals surface area (Å²) in [5.74, 6) is -1.69. The number of benzene rings is 3. The van der Waals surface area contributed by atoms with Crippen molar-refractivity contribution in [3.63, 3.8) is 0 Å². The quantitative estimate of drug-likeness (QED) is 0.182. The SMILES string of the molecule is Nc1ccc(N)c(CC(=Cc2ccc(OC(=O)c3ccc(OCC(F)(F)F)cc3)cc2)C(=O)O)c1. The zero-order valence-corrected chi connectivity index (χ0v) is 18.2. The van der Waals surface area contributed by atoms with Crippen LogP contribution in [0.2, 0.25) is 0 Å². The number of hydrogen-bond donors (Lipinski definition) is 3. The molecule has 182 valence electrons. The number of aliphatic carboxylic acids is 1. The highest BCUT2D eigenvalue weighted by Gasteiger charge is 2.28. The molecule has 0 radical (unpaired) electrons. The molecule has 5 N–H and O–H groups in total. The summed E-state index contributed by atoms with van der Waals surface area (Å²) in [6.07, 6.45) is -2.94. The Morgan fingerprint density at radius 1 is 0.914 bits per heavy atom. The van der Waals surface area contributed by atoms with Crippen LogP contribution in [-0.2, 0) is 11.2 Å². The van der Waals surface area contributed by atoms with Crippen LogP contribution < -0.4 is 20.9 Å². The van der Waals surface area contributed by atoms with E-state index in [1.165, 1.54) is 42.5 Å². The number of ether oxygens (including phenoxy) is 2. The van der Waals surface area contributed by atoms with Gasteiger partial charge < -0.3 is 26.0 Å². The number of carbonyl (C=O) groups excluding carboxylic acids is 1. The lowest BCUT2D eigenvalue weighted by atomic mass is 10.0. The highest BCUT2D eigenvalue weighted by Crippen LogP contribution is 2.23. The molecule has 0 fully saturated rings. The molecule has 0 heterocycles. The van der Waals surface area contributed by atoms with Crippen LogP contribution in [0.5, 0.6) is 11.5 Å². The summed E-state index contributed by atoms with van der Waals surface area (Å²) in [6.45, 7) is -1.44. The average molecular weight is 486 g/mol. The van der Waals surface area contributed by atoms with Gasteiger partial charge in [0.05, 0.1) is 5.56 Å². The van der Waals surface area contributed by atoms with Gasteiger partial charge in [-0.25, -0.2) is 9.59 Å². The number of nitrogen functional groups attached to an aromatic ring is 2. The van der Waals surface area contributed by atoms with Crippen LogP contribution in [0, 0.1) is 0 Å². The van der Waals surface area contributed by atoms with Gasteiger partial charge in [-0.05, 0) is 71.8 Å². The summed E-state index contributed by atoms with van der Waals surface area (Å²) in [4.78, 5) is 24.0. The minimum atomic E-state index is -4.47. The molecule has 35 heavy (non-hydrogen) atoms. The summed E-state index contributed by atoms with van der Waals surface area (Å²) in [5, 5.41) is 9.57. The van der Waals surface area contributed by atoms with E-state index in [0.29, 0.717) is 22.5 Å². The molecule has 3 rings (SSSR count). The molecule has 0 amide bonds. The van der Waals surface area contributed by atoms with E-state index in [1.807, 2.05) is 0 Å². The fourth-order valence-corrected chi connectivity index (χ4v) is 3.02. The molecular formula is C25H21F3N2O5. The summed E-state index contributed by atoms with van der Waals surface area (Å²) in [6, 6.07) is 16.0. The second-order valence-corrected chi connectivity index (χ2v) is 7.50. The van der Waals surface area contributed by atoms with Gasteiger partial charge in [0.2, 0.25) is 0 Å². The maximum absolute atomic E-state index is 12.3. The highest BCUT2D eigenvalue weighted by molar-refractivity contribution is 5.93. The van der Waals surface area contributed by atoms with Crippen molar-refractivity contribution in [2.24, 2.45) is 0 Å². The lowest BCUT2D eigenvalue weighted by Crippen LogP contribution is -2.19. The molecule has 0 aliphatic carbocycles. The number of alkyl halides is 3. The molecule has 0 unspecified atom stereocenters. The molecule has 10 heteroatoms. The number of nitrogens with two attached hydrogens (primary N) is 2. The van der Waals surface area contributed by atoms with E-state index < -0.39 is 24.7 Å². The van der Waals surface area contributed by atoms with E-state index in [1.54, 1.807) is 30.3 Å². The molecular weight excluding hydrogens is 465 g/mol. The Bertz CT molecular complexity index is 1240. The van der Waals surface area contributed by atoms with Crippen LogP contribution in [0.15, 0.2) is 72.3 Å². The molecule has 0 aliphatic rings. The Balaban J connectivity index is 1.66. The first-order valence-corrected chi connectivity index (χ1v) is 10.2. The van der Waals surface area contributed by atoms with Crippen LogP contribution in [-0.4, -0.2) is 29.8 Å². The molecule has 0 saturated heterocycles. The van der Waals surface area contributed by atoms with Crippen molar-refractivity contribution in [1.29, 1.82) is 0 Å². The molecule has 3 aromatic rings. The standard InChI is InChI=1S/C25H21F3N2O5/c26-25(27,28)14-34-20-8-3-16(4-9-20)24(33)35-21-6-1-15(2-7-21)11-18(23(31)32)12-17-13-19(29)5-10-22(17)30/h1-11,13H,12,14,29-30H2,(H,31,32). The molecule has 0 aromatic heterocycles. The van der Waals surface area contributed by atoms with Gasteiger partial charge in [-0.15, -0.1) is 0 Å². The number of anilines is 2. The van der Waals surface area contributed by atoms with Gasteiger partial charge in [0.1, 0.15) is 11.5 Å². The maximum Gasteiger partial charge on any atom is 0.422 e. The van der Waals surface area contributed by atoms with Crippen molar-refractivity contribution in [2.45, 2.75) is 12.6 Å². The first-order valence-electron chi connectivity index (χ1n) is 10.2. The van der Waals surface area contributed by atoms with Crippen molar-refractivity contribution >= 4 is 29.4 Å². The Morgan fingerprint density at radius 2 is 1.54 bits per heavy atom. The Hall–Kier alpha value is -4.47. The van der Waals surface area contributed by atoms with E-state index in [-0.39, 0.29) is 29.1 Å². The number of rotatable bonds is 8. The summed E-state index contributed by atoms with van der Waals surface area (Å²) in [7, 11) is 0. The molecule has 0 spiro atoms. The molecule has 3 aromatic carbocycles. The van der Waals surface area contributed by atoms with E-state index in [4.69, 9.17) is 16.2 Å². The molecule has 0 saturated carbocycles. The molecule has 0 atom stereocenters. The molecule has 0 bridgehead atoms. The number of halogens is 3. The lowest BCUT2D eigenvalue weighted by Gasteiger charge is -2.10. The molecule has 7 nitrogen and oxygen atoms in total. The predicted octanol–water partition coefficient (Wildman–Crippen LogP) is 4.72. The number of esters is 1. The third-order valence-corrected chi connectivity index (χ3v) is 4.75. The van der Waals surface area contributed by atoms with Gasteiger partial charge >= 0.3 is 18.1 Å². The molecule has 0 aliphatic heterocycles. The largest absolute Gasteiger partial charge is 0.484 e. The topological polar surface area (TPSA) is 125 Å². The normalized spacial score (nSPS) is 11.7. The van der Waals surface area contributed by atoms with Gasteiger partial charge in [0, 0.05) is 23.4 Å². The van der Waals surface area contributed by atoms with Gasteiger partial charge in [0.15, 0.2) is 6.61 Å². The maximum atomic E-state index is 12.3. The fourth-order valence-electron chi connectivity index (χ4n) is 3.02. The monoisotopic (exact) mass is 486 g/mol. The van der Waals surface area contributed by atoms with Gasteiger partial charge in [0.25, 0.3) is 0 Å². The fraction of sp³-hybridized carbons (Fsp3) is 0.120. The highest BCUT2D eigenvalue weighted by atomic mass is 19.4. The minimum Gasteiger partial charge on any atom is -0.484 e. The van der Waals surface area contributed by atoms with E-state index in [2.05, 4.69) is 4.74 Å². The smallest absolute Gasteiger partial charge is 0.422 e. The zero-order chi connectivity index (χ0) is 25.6. The zero-order valence-electron chi connectivity index (χ0n) is 18.2. The lowest BCUT2D eigenvalue weighted by molar-refractivity contribution is -0.153. The Labute approximate surface area is 198 Å². The first kappa shape index (κ1) is 25.2. The van der Waals surface area contributed by atoms with Gasteiger partial charge in [-0.2, -0.15) is 13.2 Å². The van der Waals surface area contributed by atoms with Crippen LogP contribution in [0.1, 0.15) is 21.5 Å². The van der Waals surface area contributed by atoms with Crippen molar-refractivity contribution in [3.8, 4) is 11.5 Å². The van der Waals surface area contributed by atoms with Crippen LogP contribution in [0.4, 0.5) is 24.5 Å². The van der Waals surface area contributed by atoms with Crippen LogP contribution in [0.3, 0.4) is 0 Å². The predicted molar refractivity (Wildman–Crippen MR) is 124 cm³/mol. The van der Waals surface area contributed by atoms with Crippen LogP contribution >= 0.6 is 0 Å². The number of hydrogen-bond acceptors (Lipinski definition) is 6. The van der Waals surface area contributed by atoms with Crippen LogP contribution in [0.25, 0.3) is 6.08 Å². The van der Waals surface area contributed by atoms with Crippen molar-refractivity contribution in [1.82, 2.24) is 0 Å². The van der Waals surface area contributed by atoms with Gasteiger partial charge in [-0.3, -0.25) is 0 Å². The van der Waals surface area contributed by atoms with Crippen molar-refractivity contribution < 1.29 is 37.3 Å². The number of carbonyl (C=O) groups is 2. The third-order valence-electron chi connectivity index (χ3n) is 4.75.